The zero-order valence-corrected chi connectivity index (χ0v) is 8.13. The van der Waals surface area contributed by atoms with Crippen molar-refractivity contribution in [3.05, 3.63) is 29.7 Å². The van der Waals surface area contributed by atoms with Gasteiger partial charge < -0.3 is 0 Å². The van der Waals surface area contributed by atoms with Gasteiger partial charge in [-0.1, -0.05) is 30.6 Å². The Morgan fingerprint density at radius 2 is 1.62 bits per heavy atom. The van der Waals surface area contributed by atoms with Crippen LogP contribution in [-0.4, -0.2) is 0 Å². The van der Waals surface area contributed by atoms with Crippen molar-refractivity contribution >= 4 is 0 Å². The van der Waals surface area contributed by atoms with E-state index in [1.54, 1.807) is 11.1 Å². The Labute approximate surface area is 80.7 Å². The molecule has 2 unspecified atom stereocenters. The lowest BCUT2D eigenvalue weighted by Crippen LogP contribution is -2.23. The summed E-state index contributed by atoms with van der Waals surface area (Å²) >= 11 is 0. The van der Waals surface area contributed by atoms with E-state index in [1.807, 2.05) is 0 Å². The molecule has 3 aliphatic carbocycles. The lowest BCUT2D eigenvalue weighted by molar-refractivity contribution is 0.224. The van der Waals surface area contributed by atoms with E-state index < -0.39 is 0 Å². The maximum Gasteiger partial charge on any atom is 0.00865 e. The average Bonchev–Trinajstić information content (AvgIpc) is 2.61. The molecule has 13 heavy (non-hydrogen) atoms. The highest BCUT2D eigenvalue weighted by Gasteiger charge is 2.31. The first-order valence-electron chi connectivity index (χ1n) is 5.67. The van der Waals surface area contributed by atoms with Crippen molar-refractivity contribution in [3.8, 4) is 0 Å². The highest BCUT2D eigenvalue weighted by Crippen LogP contribution is 2.45. The summed E-state index contributed by atoms with van der Waals surface area (Å²) in [7, 11) is 0. The third-order valence-corrected chi connectivity index (χ3v) is 4.04. The van der Waals surface area contributed by atoms with Gasteiger partial charge in [0.15, 0.2) is 0 Å². The second kappa shape index (κ2) is 3.01. The van der Waals surface area contributed by atoms with Crippen LogP contribution in [0.3, 0.4) is 0 Å². The van der Waals surface area contributed by atoms with Crippen LogP contribution >= 0.6 is 0 Å². The summed E-state index contributed by atoms with van der Waals surface area (Å²) in [5.41, 5.74) is 3.31. The van der Waals surface area contributed by atoms with Gasteiger partial charge in [0.1, 0.15) is 0 Å². The molecule has 1 radical (unpaired) electrons. The molecule has 0 amide bonds. The van der Waals surface area contributed by atoms with Gasteiger partial charge in [0, 0.05) is 6.42 Å². The second-order valence-corrected chi connectivity index (χ2v) is 4.79. The summed E-state index contributed by atoms with van der Waals surface area (Å²) < 4.78 is 0. The molecule has 0 heteroatoms. The monoisotopic (exact) mass is 173 g/mol. The maximum absolute atomic E-state index is 2.33. The van der Waals surface area contributed by atoms with Crippen molar-refractivity contribution in [2.45, 2.75) is 38.5 Å². The zero-order chi connectivity index (χ0) is 8.67. The number of allylic oxidation sites excluding steroid dienone is 4. The van der Waals surface area contributed by atoms with Crippen LogP contribution in [0.2, 0.25) is 0 Å². The Kier molecular flexibility index (Phi) is 1.81. The minimum Gasteiger partial charge on any atom is -0.0761 e. The number of fused-ring (bicyclic) bond motifs is 1. The van der Waals surface area contributed by atoms with Crippen LogP contribution in [-0.2, 0) is 0 Å². The van der Waals surface area contributed by atoms with Crippen molar-refractivity contribution in [1.29, 1.82) is 0 Å². The van der Waals surface area contributed by atoms with Crippen molar-refractivity contribution in [3.63, 3.8) is 0 Å². The van der Waals surface area contributed by atoms with E-state index in [-0.39, 0.29) is 0 Å². The van der Waals surface area contributed by atoms with Gasteiger partial charge in [-0.3, -0.25) is 0 Å². The quantitative estimate of drug-likeness (QED) is 0.524. The van der Waals surface area contributed by atoms with Gasteiger partial charge in [0.25, 0.3) is 0 Å². The third kappa shape index (κ3) is 1.27. The van der Waals surface area contributed by atoms with E-state index >= 15 is 0 Å². The van der Waals surface area contributed by atoms with E-state index in [0.717, 1.165) is 11.8 Å². The first-order valence-corrected chi connectivity index (χ1v) is 5.67. The lowest BCUT2D eigenvalue weighted by Gasteiger charge is -2.36. The van der Waals surface area contributed by atoms with Gasteiger partial charge in [-0.15, -0.1) is 0 Å². The van der Waals surface area contributed by atoms with Crippen molar-refractivity contribution in [1.82, 2.24) is 0 Å². The molecule has 0 nitrogen and oxygen atoms in total. The zero-order valence-electron chi connectivity index (χ0n) is 8.13. The summed E-state index contributed by atoms with van der Waals surface area (Å²) in [6.45, 7) is 0. The second-order valence-electron chi connectivity index (χ2n) is 4.79. The first-order chi connectivity index (χ1) is 6.43. The molecule has 0 heterocycles. The van der Waals surface area contributed by atoms with Crippen molar-refractivity contribution in [2.24, 2.45) is 11.8 Å². The summed E-state index contributed by atoms with van der Waals surface area (Å²) in [6, 6.07) is 0. The third-order valence-electron chi connectivity index (χ3n) is 4.04. The molecule has 0 bridgehead atoms. The van der Waals surface area contributed by atoms with Gasteiger partial charge in [-0.05, 0) is 43.1 Å². The molecular weight excluding hydrogens is 156 g/mol. The van der Waals surface area contributed by atoms with Crippen LogP contribution in [0.1, 0.15) is 38.5 Å². The van der Waals surface area contributed by atoms with Crippen LogP contribution in [0.15, 0.2) is 23.3 Å². The SMILES string of the molecule is [CH]1C=CC2=C1CC1CCCCC1C2. The van der Waals surface area contributed by atoms with Crippen molar-refractivity contribution in [2.75, 3.05) is 0 Å². The molecule has 1 saturated carbocycles. The molecule has 0 aromatic rings. The van der Waals surface area contributed by atoms with Crippen molar-refractivity contribution < 1.29 is 0 Å². The predicted molar refractivity (Wildman–Crippen MR) is 55.1 cm³/mol. The number of rotatable bonds is 0. The Morgan fingerprint density at radius 1 is 0.923 bits per heavy atom. The highest BCUT2D eigenvalue weighted by molar-refractivity contribution is 5.44. The van der Waals surface area contributed by atoms with Gasteiger partial charge >= 0.3 is 0 Å². The molecule has 0 spiro atoms. The van der Waals surface area contributed by atoms with Crippen LogP contribution in [0.25, 0.3) is 0 Å². The molecule has 3 aliphatic rings. The molecule has 0 aliphatic heterocycles. The predicted octanol–water partition coefficient (Wildman–Crippen LogP) is 3.66. The topological polar surface area (TPSA) is 0 Å². The number of hydrogen-bond acceptors (Lipinski definition) is 0. The van der Waals surface area contributed by atoms with Gasteiger partial charge in [-0.25, -0.2) is 0 Å². The molecule has 1 fully saturated rings. The van der Waals surface area contributed by atoms with Gasteiger partial charge in [0.05, 0.1) is 0 Å². The Bertz CT molecular complexity index is 270. The molecule has 2 atom stereocenters. The minimum atomic E-state index is 1.03. The van der Waals surface area contributed by atoms with Gasteiger partial charge in [-0.2, -0.15) is 0 Å². The van der Waals surface area contributed by atoms with E-state index in [0.29, 0.717) is 0 Å². The summed E-state index contributed by atoms with van der Waals surface area (Å²) in [5.74, 6) is 2.06. The van der Waals surface area contributed by atoms with Crippen LogP contribution in [0.5, 0.6) is 0 Å². The fraction of sp³-hybridized carbons (Fsp3) is 0.615. The molecule has 0 saturated heterocycles. The van der Waals surface area contributed by atoms with E-state index in [2.05, 4.69) is 18.6 Å². The van der Waals surface area contributed by atoms with Crippen LogP contribution in [0, 0.1) is 18.3 Å². The van der Waals surface area contributed by atoms with E-state index in [4.69, 9.17) is 0 Å². The largest absolute Gasteiger partial charge is 0.0761 e. The van der Waals surface area contributed by atoms with Crippen LogP contribution in [0.4, 0.5) is 0 Å². The summed E-state index contributed by atoms with van der Waals surface area (Å²) in [6.07, 6.45) is 15.6. The fourth-order valence-electron chi connectivity index (χ4n) is 3.28. The molecule has 0 aromatic heterocycles. The van der Waals surface area contributed by atoms with E-state index in [1.165, 1.54) is 38.5 Å². The lowest BCUT2D eigenvalue weighted by atomic mass is 9.69. The smallest absolute Gasteiger partial charge is 0.00865 e. The fourth-order valence-corrected chi connectivity index (χ4v) is 3.28. The molecular formula is C13H17. The first kappa shape index (κ1) is 7.84. The molecule has 0 N–H and O–H groups in total. The Hall–Kier alpha value is -0.520. The van der Waals surface area contributed by atoms with Gasteiger partial charge in [0.2, 0.25) is 0 Å². The molecule has 0 aromatic carbocycles. The highest BCUT2D eigenvalue weighted by atomic mass is 14.4. The summed E-state index contributed by atoms with van der Waals surface area (Å²) in [4.78, 5) is 0. The normalized spacial score (nSPS) is 37.5. The summed E-state index contributed by atoms with van der Waals surface area (Å²) in [5, 5.41) is 0. The Balaban J connectivity index is 1.83. The Morgan fingerprint density at radius 3 is 2.38 bits per heavy atom. The van der Waals surface area contributed by atoms with Crippen LogP contribution < -0.4 is 0 Å². The molecule has 3 rings (SSSR count). The standard InChI is InChI=1S/C13H17/c1-2-5-11-9-13-7-3-6-12(13)8-10(11)4-1/h3,6-7,10-11H,1-2,4-5,8-9H2. The maximum atomic E-state index is 2.33. The van der Waals surface area contributed by atoms with E-state index in [9.17, 15) is 0 Å². The number of hydrogen-bond donors (Lipinski definition) is 0. The average molecular weight is 173 g/mol. The molecule has 69 valence electrons. The minimum absolute atomic E-state index is 1.03.